The summed E-state index contributed by atoms with van der Waals surface area (Å²) in [5.41, 5.74) is 1.92. The van der Waals surface area contributed by atoms with Gasteiger partial charge >= 0.3 is 0 Å². The number of hydrogen-bond donors (Lipinski definition) is 5. The second kappa shape index (κ2) is 16.6. The van der Waals surface area contributed by atoms with Crippen molar-refractivity contribution in [3.8, 4) is 0 Å². The molecule has 0 aliphatic carbocycles. The van der Waals surface area contributed by atoms with Gasteiger partial charge in [0.15, 0.2) is 0 Å². The van der Waals surface area contributed by atoms with Crippen LogP contribution in [-0.2, 0) is 32.1 Å². The number of rotatable bonds is 5. The molecule has 0 fully saturated rings. The fraction of sp³-hybridized carbons (Fsp3) is 0.485. The zero-order valence-corrected chi connectivity index (χ0v) is 26.0. The van der Waals surface area contributed by atoms with Crippen molar-refractivity contribution >= 4 is 29.5 Å². The number of carbonyl (C=O) groups is 5. The molecule has 2 aromatic rings. The number of nitrogens with zero attached hydrogens (tertiary/aromatic N) is 1. The lowest BCUT2D eigenvalue weighted by atomic mass is 10.0. The summed E-state index contributed by atoms with van der Waals surface area (Å²) in [6.07, 6.45) is 0.503. The van der Waals surface area contributed by atoms with Gasteiger partial charge in [0.1, 0.15) is 24.2 Å². The molecule has 4 rings (SSSR count). The van der Waals surface area contributed by atoms with Crippen LogP contribution in [-0.4, -0.2) is 76.9 Å². The van der Waals surface area contributed by atoms with Crippen molar-refractivity contribution in [2.75, 3.05) is 13.1 Å². The van der Waals surface area contributed by atoms with E-state index in [0.29, 0.717) is 37.9 Å². The van der Waals surface area contributed by atoms with Crippen LogP contribution in [0.25, 0.3) is 0 Å². The van der Waals surface area contributed by atoms with E-state index in [4.69, 9.17) is 0 Å². The molecule has 2 bridgehead atoms. The maximum absolute atomic E-state index is 13.6. The summed E-state index contributed by atoms with van der Waals surface area (Å²) in [4.78, 5) is 67.2. The monoisotopic (exact) mass is 607 g/mol. The smallest absolute Gasteiger partial charge is 0.251 e. The fourth-order valence-corrected chi connectivity index (χ4v) is 4.96. The van der Waals surface area contributed by atoms with Crippen LogP contribution in [0.5, 0.6) is 0 Å². The van der Waals surface area contributed by atoms with Gasteiger partial charge in [0.25, 0.3) is 11.8 Å². The minimum Gasteiger partial charge on any atom is -0.384 e. The number of hydrogen-bond acceptors (Lipinski definition) is 6. The number of carbonyl (C=O) groups excluding carboxylic acids is 5. The Bertz CT molecular complexity index is 1280. The Labute approximate surface area is 259 Å². The first-order valence-corrected chi connectivity index (χ1v) is 15.2. The van der Waals surface area contributed by atoms with E-state index in [1.54, 1.807) is 36.1 Å². The second-order valence-electron chi connectivity index (χ2n) is 11.8. The first kappa shape index (κ1) is 34.2. The van der Waals surface area contributed by atoms with Crippen LogP contribution >= 0.6 is 0 Å². The quantitative estimate of drug-likeness (QED) is 0.326. The summed E-state index contributed by atoms with van der Waals surface area (Å²) in [7, 11) is 0. The zero-order valence-electron chi connectivity index (χ0n) is 26.0. The van der Waals surface area contributed by atoms with E-state index in [1.807, 2.05) is 44.2 Å². The molecule has 238 valence electrons. The van der Waals surface area contributed by atoms with Gasteiger partial charge in [-0.05, 0) is 62.3 Å². The summed E-state index contributed by atoms with van der Waals surface area (Å²) in [5.74, 6) is -2.21. The Kier molecular flexibility index (Phi) is 12.9. The van der Waals surface area contributed by atoms with Gasteiger partial charge in [0.2, 0.25) is 17.7 Å². The first-order valence-electron chi connectivity index (χ1n) is 15.2. The molecule has 2 aromatic carbocycles. The zero-order chi connectivity index (χ0) is 32.2. The third-order valence-electron chi connectivity index (χ3n) is 7.41. The van der Waals surface area contributed by atoms with E-state index >= 15 is 0 Å². The van der Waals surface area contributed by atoms with E-state index in [-0.39, 0.29) is 24.8 Å². The average molecular weight is 608 g/mol. The van der Waals surface area contributed by atoms with Gasteiger partial charge < -0.3 is 31.3 Å². The minimum atomic E-state index is -1.18. The summed E-state index contributed by atoms with van der Waals surface area (Å²) < 4.78 is 0. The molecule has 2 aliphatic heterocycles. The summed E-state index contributed by atoms with van der Waals surface area (Å²) in [6, 6.07) is 13.2. The highest BCUT2D eigenvalue weighted by Gasteiger charge is 2.29. The SMILES string of the molecule is CC(C)C[C@@H]1NC(=O)[C@@H](Cc2ccccc2)NC(=O)c2ccc(cc2)CN(C(=O)[C@H](C)O)CCCCNC(=O)[C@@H](C)NC1=O. The van der Waals surface area contributed by atoms with Crippen LogP contribution in [0.4, 0.5) is 0 Å². The Morgan fingerprint density at radius 2 is 1.52 bits per heavy atom. The Morgan fingerprint density at radius 3 is 2.16 bits per heavy atom. The molecule has 2 heterocycles. The standard InChI is InChI=1S/C33H45N5O6/c1-21(2)18-27-31(42)35-22(3)29(40)34-16-8-9-17-38(33(44)23(4)39)20-25-12-14-26(15-13-25)30(41)36-28(32(43)37-27)19-24-10-6-5-7-11-24/h5-7,10-15,21-23,27-28,39H,8-9,16-20H2,1-4H3,(H,34,40)(H,35,42)(H,36,41)(H,37,43)/t22-,23+,27+,28-/m1/s1. The summed E-state index contributed by atoms with van der Waals surface area (Å²) >= 11 is 0. The number of nitrogens with one attached hydrogen (secondary N) is 4. The summed E-state index contributed by atoms with van der Waals surface area (Å²) in [5, 5.41) is 21.1. The molecule has 0 saturated carbocycles. The van der Waals surface area contributed by atoms with Crippen LogP contribution < -0.4 is 21.3 Å². The predicted octanol–water partition coefficient (Wildman–Crippen LogP) is 1.68. The van der Waals surface area contributed by atoms with Crippen LogP contribution in [0.15, 0.2) is 54.6 Å². The van der Waals surface area contributed by atoms with E-state index in [2.05, 4.69) is 21.3 Å². The minimum absolute atomic E-state index is 0.0607. The molecule has 11 nitrogen and oxygen atoms in total. The number of aliphatic hydroxyl groups is 1. The summed E-state index contributed by atoms with van der Waals surface area (Å²) in [6.45, 7) is 7.78. The lowest BCUT2D eigenvalue weighted by Crippen LogP contribution is -2.57. The van der Waals surface area contributed by atoms with Gasteiger partial charge in [-0.25, -0.2) is 0 Å². The Balaban J connectivity index is 1.92. The van der Waals surface area contributed by atoms with Crippen LogP contribution in [0.2, 0.25) is 0 Å². The van der Waals surface area contributed by atoms with Gasteiger partial charge in [-0.15, -0.1) is 0 Å². The van der Waals surface area contributed by atoms with E-state index in [0.717, 1.165) is 11.1 Å². The molecule has 5 amide bonds. The molecule has 0 radical (unpaired) electrons. The van der Waals surface area contributed by atoms with Crippen LogP contribution in [0.1, 0.15) is 68.4 Å². The van der Waals surface area contributed by atoms with Crippen molar-refractivity contribution in [2.45, 2.75) is 84.2 Å². The van der Waals surface area contributed by atoms with Crippen molar-refractivity contribution in [1.82, 2.24) is 26.2 Å². The number of amides is 5. The topological polar surface area (TPSA) is 157 Å². The Morgan fingerprint density at radius 1 is 0.864 bits per heavy atom. The molecule has 4 atom stereocenters. The molecule has 0 aromatic heterocycles. The first-order chi connectivity index (χ1) is 20.9. The van der Waals surface area contributed by atoms with Crippen molar-refractivity contribution in [3.63, 3.8) is 0 Å². The molecule has 0 saturated heterocycles. The van der Waals surface area contributed by atoms with Crippen molar-refractivity contribution in [2.24, 2.45) is 5.92 Å². The molecular weight excluding hydrogens is 562 g/mol. The third-order valence-corrected chi connectivity index (χ3v) is 7.41. The van der Waals surface area contributed by atoms with Gasteiger partial charge in [0.05, 0.1) is 0 Å². The lowest BCUT2D eigenvalue weighted by molar-refractivity contribution is -0.140. The van der Waals surface area contributed by atoms with Gasteiger partial charge in [-0.1, -0.05) is 56.3 Å². The van der Waals surface area contributed by atoms with Gasteiger partial charge in [-0.3, -0.25) is 24.0 Å². The second-order valence-corrected chi connectivity index (χ2v) is 11.8. The molecule has 2 aliphatic rings. The molecule has 5 N–H and O–H groups in total. The van der Waals surface area contributed by atoms with Crippen molar-refractivity contribution < 1.29 is 29.1 Å². The molecule has 11 heteroatoms. The number of aliphatic hydroxyl groups excluding tert-OH is 1. The van der Waals surface area contributed by atoms with Crippen molar-refractivity contribution in [1.29, 1.82) is 0 Å². The van der Waals surface area contributed by atoms with E-state index in [9.17, 15) is 29.1 Å². The predicted molar refractivity (Wildman–Crippen MR) is 166 cm³/mol. The maximum Gasteiger partial charge on any atom is 0.251 e. The average Bonchev–Trinajstić information content (AvgIpc) is 2.99. The highest BCUT2D eigenvalue weighted by Crippen LogP contribution is 2.13. The number of fused-ring (bicyclic) bond motifs is 18. The lowest BCUT2D eigenvalue weighted by Gasteiger charge is -2.25. The molecule has 0 unspecified atom stereocenters. The maximum atomic E-state index is 13.6. The normalized spacial score (nSPS) is 21.9. The number of benzene rings is 2. The van der Waals surface area contributed by atoms with Crippen LogP contribution in [0.3, 0.4) is 0 Å². The van der Waals surface area contributed by atoms with Crippen LogP contribution in [0, 0.1) is 5.92 Å². The van der Waals surface area contributed by atoms with E-state index < -0.39 is 47.9 Å². The van der Waals surface area contributed by atoms with Crippen molar-refractivity contribution in [3.05, 3.63) is 71.3 Å². The molecule has 0 spiro atoms. The van der Waals surface area contributed by atoms with E-state index in [1.165, 1.54) is 6.92 Å². The Hall–Kier alpha value is -4.25. The highest BCUT2D eigenvalue weighted by atomic mass is 16.3. The highest BCUT2D eigenvalue weighted by molar-refractivity contribution is 5.99. The fourth-order valence-electron chi connectivity index (χ4n) is 4.96. The largest absolute Gasteiger partial charge is 0.384 e. The van der Waals surface area contributed by atoms with Gasteiger partial charge in [-0.2, -0.15) is 0 Å². The molecular formula is C33H45N5O6. The third kappa shape index (κ3) is 10.5. The molecule has 44 heavy (non-hydrogen) atoms. The van der Waals surface area contributed by atoms with Gasteiger partial charge in [0, 0.05) is 31.6 Å².